The molecule has 1 nitrogen and oxygen atoms in total. The Kier molecular flexibility index (Phi) is 6.17. The van der Waals surface area contributed by atoms with Gasteiger partial charge < -0.3 is 5.11 Å². The van der Waals surface area contributed by atoms with Gasteiger partial charge >= 0.3 is 0 Å². The molecule has 1 unspecified atom stereocenters. The minimum atomic E-state index is -0.228. The van der Waals surface area contributed by atoms with Crippen molar-refractivity contribution >= 4 is 0 Å². The molecule has 0 aromatic rings. The molecule has 0 saturated heterocycles. The van der Waals surface area contributed by atoms with Crippen LogP contribution >= 0.6 is 0 Å². The Balaban J connectivity index is 1.50. The van der Waals surface area contributed by atoms with E-state index >= 15 is 0 Å². The maximum absolute atomic E-state index is 10.2. The van der Waals surface area contributed by atoms with E-state index in [1.807, 2.05) is 0 Å². The van der Waals surface area contributed by atoms with E-state index in [0.717, 1.165) is 30.1 Å². The highest BCUT2D eigenvalue weighted by molar-refractivity contribution is 5.51. The third-order valence-electron chi connectivity index (χ3n) is 10.2. The topological polar surface area (TPSA) is 20.2 Å². The molecule has 0 fully saturated rings. The summed E-state index contributed by atoms with van der Waals surface area (Å²) < 4.78 is 0. The molecule has 4 aliphatic rings. The van der Waals surface area contributed by atoms with Crippen molar-refractivity contribution in [1.82, 2.24) is 0 Å². The molecule has 30 heavy (non-hydrogen) atoms. The van der Waals surface area contributed by atoms with Crippen molar-refractivity contribution in [2.24, 2.45) is 40.4 Å². The molecule has 0 bridgehead atoms. The molecule has 0 saturated carbocycles. The minimum absolute atomic E-state index is 0.186. The molecule has 1 N–H and O–H groups in total. The summed E-state index contributed by atoms with van der Waals surface area (Å²) in [7, 11) is 0. The lowest BCUT2D eigenvalue weighted by molar-refractivity contribution is 0.110. The Hall–Kier alpha value is -0.820. The van der Waals surface area contributed by atoms with E-state index in [2.05, 4.69) is 59.8 Å². The number of fused-ring (bicyclic) bond motifs is 4. The predicted molar refractivity (Wildman–Crippen MR) is 128 cm³/mol. The highest BCUT2D eigenvalue weighted by Crippen LogP contribution is 2.63. The summed E-state index contributed by atoms with van der Waals surface area (Å²) in [6, 6.07) is 0. The molecule has 0 spiro atoms. The minimum Gasteiger partial charge on any atom is -0.389 e. The van der Waals surface area contributed by atoms with Crippen LogP contribution in [0.25, 0.3) is 0 Å². The second kappa shape index (κ2) is 8.27. The quantitative estimate of drug-likeness (QED) is 0.442. The molecular weight excluding hydrogens is 364 g/mol. The van der Waals surface area contributed by atoms with Crippen LogP contribution in [0.15, 0.2) is 34.9 Å². The van der Waals surface area contributed by atoms with Gasteiger partial charge in [-0.2, -0.15) is 0 Å². The Bertz CT molecular complexity index is 739. The second-order valence-electron chi connectivity index (χ2n) is 12.1. The Labute approximate surface area is 186 Å². The molecule has 7 atom stereocenters. The van der Waals surface area contributed by atoms with Crippen LogP contribution in [0.4, 0.5) is 0 Å². The van der Waals surface area contributed by atoms with Crippen LogP contribution < -0.4 is 0 Å². The van der Waals surface area contributed by atoms with E-state index in [1.165, 1.54) is 51.4 Å². The van der Waals surface area contributed by atoms with E-state index in [0.29, 0.717) is 11.3 Å². The zero-order valence-corrected chi connectivity index (χ0v) is 20.5. The normalized spacial score (nSPS) is 40.0. The molecule has 0 aromatic carbocycles. The number of aliphatic hydroxyl groups excluding tert-OH is 1. The van der Waals surface area contributed by atoms with Crippen molar-refractivity contribution in [3.63, 3.8) is 0 Å². The maximum Gasteiger partial charge on any atom is 0.0724 e. The first-order valence-electron chi connectivity index (χ1n) is 13.0. The fourth-order valence-electron chi connectivity index (χ4n) is 7.61. The van der Waals surface area contributed by atoms with Crippen molar-refractivity contribution in [3.05, 3.63) is 34.9 Å². The van der Waals surface area contributed by atoms with E-state index in [4.69, 9.17) is 0 Å². The van der Waals surface area contributed by atoms with Crippen molar-refractivity contribution in [1.29, 1.82) is 0 Å². The van der Waals surface area contributed by atoms with Gasteiger partial charge in [0.25, 0.3) is 0 Å². The summed E-state index contributed by atoms with van der Waals surface area (Å²) in [6.07, 6.45) is 18.4. The van der Waals surface area contributed by atoms with Crippen LogP contribution in [0.2, 0.25) is 0 Å². The standard InChI is InChI=1S/C29H46O/c1-19(2)20(3)8-7-9-21(4)25-12-13-26-24-11-10-22-18-23(30)14-16-28(22,5)27(24)15-17-29(25,26)6/h13-14,16,19-23,25,30H,7-12,15,17-18H2,1-6H3/t20?,21-,22+,23+,25-,28+,29-/m1/s1. The highest BCUT2D eigenvalue weighted by atomic mass is 16.3. The van der Waals surface area contributed by atoms with Crippen molar-refractivity contribution in [2.75, 3.05) is 0 Å². The number of aliphatic hydroxyl groups is 1. The third kappa shape index (κ3) is 3.68. The fourth-order valence-corrected chi connectivity index (χ4v) is 7.61. The van der Waals surface area contributed by atoms with Gasteiger partial charge in [0.15, 0.2) is 0 Å². The molecule has 0 amide bonds. The zero-order valence-electron chi connectivity index (χ0n) is 20.5. The number of allylic oxidation sites excluding steroid dienone is 5. The predicted octanol–water partition coefficient (Wildman–Crippen LogP) is 7.87. The third-order valence-corrected chi connectivity index (χ3v) is 10.2. The average molecular weight is 411 g/mol. The summed E-state index contributed by atoms with van der Waals surface area (Å²) in [5, 5.41) is 10.2. The lowest BCUT2D eigenvalue weighted by Crippen LogP contribution is -2.42. The van der Waals surface area contributed by atoms with Crippen LogP contribution in [-0.2, 0) is 0 Å². The van der Waals surface area contributed by atoms with Gasteiger partial charge in [-0.1, -0.05) is 84.6 Å². The molecular formula is C29H46O. The molecule has 0 heterocycles. The molecule has 0 aromatic heterocycles. The molecule has 4 aliphatic carbocycles. The van der Waals surface area contributed by atoms with Gasteiger partial charge in [-0.3, -0.25) is 0 Å². The average Bonchev–Trinajstić information content (AvgIpc) is 3.05. The first-order chi connectivity index (χ1) is 14.2. The summed E-state index contributed by atoms with van der Waals surface area (Å²) in [4.78, 5) is 0. The van der Waals surface area contributed by atoms with Gasteiger partial charge in [-0.15, -0.1) is 0 Å². The summed E-state index contributed by atoms with van der Waals surface area (Å²) in [5.41, 5.74) is 5.76. The Morgan fingerprint density at radius 3 is 2.60 bits per heavy atom. The first kappa shape index (κ1) is 22.4. The number of rotatable bonds is 6. The van der Waals surface area contributed by atoms with Crippen molar-refractivity contribution in [2.45, 2.75) is 105 Å². The van der Waals surface area contributed by atoms with Gasteiger partial charge in [-0.25, -0.2) is 0 Å². The van der Waals surface area contributed by atoms with Crippen LogP contribution in [0.3, 0.4) is 0 Å². The number of hydrogen-bond acceptors (Lipinski definition) is 1. The summed E-state index contributed by atoms with van der Waals surface area (Å²) >= 11 is 0. The van der Waals surface area contributed by atoms with Crippen molar-refractivity contribution < 1.29 is 5.11 Å². The van der Waals surface area contributed by atoms with Gasteiger partial charge in [0.05, 0.1) is 6.10 Å². The van der Waals surface area contributed by atoms with Crippen LogP contribution in [0, 0.1) is 40.4 Å². The molecule has 4 rings (SSSR count). The highest BCUT2D eigenvalue weighted by Gasteiger charge is 2.51. The molecule has 1 heteroatoms. The first-order valence-corrected chi connectivity index (χ1v) is 13.0. The van der Waals surface area contributed by atoms with E-state index in [1.54, 1.807) is 16.7 Å². The van der Waals surface area contributed by atoms with Crippen LogP contribution in [-0.4, -0.2) is 11.2 Å². The maximum atomic E-state index is 10.2. The van der Waals surface area contributed by atoms with E-state index in [-0.39, 0.29) is 11.5 Å². The van der Waals surface area contributed by atoms with Crippen LogP contribution in [0.5, 0.6) is 0 Å². The Morgan fingerprint density at radius 2 is 1.87 bits per heavy atom. The summed E-state index contributed by atoms with van der Waals surface area (Å²) in [5.74, 6) is 3.94. The molecule has 0 aliphatic heterocycles. The summed E-state index contributed by atoms with van der Waals surface area (Å²) in [6.45, 7) is 14.8. The van der Waals surface area contributed by atoms with Gasteiger partial charge in [0.2, 0.25) is 0 Å². The van der Waals surface area contributed by atoms with Crippen LogP contribution in [0.1, 0.15) is 99.3 Å². The largest absolute Gasteiger partial charge is 0.389 e. The monoisotopic (exact) mass is 410 g/mol. The lowest BCUT2D eigenvalue weighted by Gasteiger charge is -2.52. The van der Waals surface area contributed by atoms with E-state index in [9.17, 15) is 5.11 Å². The van der Waals surface area contributed by atoms with Gasteiger partial charge in [0, 0.05) is 5.41 Å². The van der Waals surface area contributed by atoms with Gasteiger partial charge in [-0.05, 0) is 84.7 Å². The lowest BCUT2D eigenvalue weighted by atomic mass is 9.53. The fraction of sp³-hybridized carbons (Fsp3) is 0.793. The van der Waals surface area contributed by atoms with Gasteiger partial charge in [0.1, 0.15) is 0 Å². The molecule has 168 valence electrons. The second-order valence-corrected chi connectivity index (χ2v) is 12.1. The van der Waals surface area contributed by atoms with Crippen molar-refractivity contribution in [3.8, 4) is 0 Å². The smallest absolute Gasteiger partial charge is 0.0724 e. The SMILES string of the molecule is CC(C)C(C)CCC[C@@H](C)[C@H]1CC=C2C3=C(CC[C@@]21C)[C@@]1(C)C=C[C@H](O)C[C@@H]1CC3. The van der Waals surface area contributed by atoms with E-state index < -0.39 is 0 Å². The number of hydrogen-bond donors (Lipinski definition) is 1. The Morgan fingerprint density at radius 1 is 1.10 bits per heavy atom. The molecule has 0 radical (unpaired) electrons. The zero-order chi connectivity index (χ0) is 21.7.